The van der Waals surface area contributed by atoms with Gasteiger partial charge in [0.2, 0.25) is 5.91 Å². The Hall–Kier alpha value is -1.56. The average Bonchev–Trinajstić information content (AvgIpc) is 2.45. The molecule has 2 amide bonds. The van der Waals surface area contributed by atoms with Gasteiger partial charge in [-0.05, 0) is 18.6 Å². The van der Waals surface area contributed by atoms with Gasteiger partial charge in [0.15, 0.2) is 0 Å². The van der Waals surface area contributed by atoms with Crippen molar-refractivity contribution in [3.63, 3.8) is 0 Å². The van der Waals surface area contributed by atoms with E-state index >= 15 is 0 Å². The number of thiol groups is 1. The Labute approximate surface area is 118 Å². The Morgan fingerprint density at radius 1 is 1.37 bits per heavy atom. The molecule has 1 aromatic rings. The van der Waals surface area contributed by atoms with Gasteiger partial charge in [0.05, 0.1) is 0 Å². The quantitative estimate of drug-likeness (QED) is 0.732. The number of aromatic nitrogens is 1. The highest BCUT2D eigenvalue weighted by Crippen LogP contribution is 2.03. The molecule has 0 aliphatic carbocycles. The molecule has 0 radical (unpaired) electrons. The van der Waals surface area contributed by atoms with Crippen LogP contribution in [-0.4, -0.2) is 47.6 Å². The minimum Gasteiger partial charge on any atom is -0.355 e. The van der Waals surface area contributed by atoms with E-state index in [1.54, 1.807) is 36.5 Å². The minimum atomic E-state index is -0.0573. The highest BCUT2D eigenvalue weighted by Gasteiger charge is 2.11. The van der Waals surface area contributed by atoms with Crippen LogP contribution < -0.4 is 5.32 Å². The molecule has 104 valence electrons. The predicted molar refractivity (Wildman–Crippen MR) is 77.3 cm³/mol. The Kier molecular flexibility index (Phi) is 6.95. The number of carbonyl (C=O) groups is 2. The zero-order valence-electron chi connectivity index (χ0n) is 11.0. The van der Waals surface area contributed by atoms with E-state index in [1.165, 1.54) is 0 Å². The predicted octanol–water partition coefficient (Wildman–Crippen LogP) is 0.980. The zero-order chi connectivity index (χ0) is 14.1. The molecular weight excluding hydrogens is 262 g/mol. The lowest BCUT2D eigenvalue weighted by atomic mass is 10.2. The third-order valence-corrected chi connectivity index (χ3v) is 2.83. The van der Waals surface area contributed by atoms with Crippen molar-refractivity contribution in [1.29, 1.82) is 0 Å². The lowest BCUT2D eigenvalue weighted by Crippen LogP contribution is -2.30. The average molecular weight is 281 g/mol. The summed E-state index contributed by atoms with van der Waals surface area (Å²) in [6, 6.07) is 3.36. The lowest BCUT2D eigenvalue weighted by Gasteiger charge is -2.16. The third-order valence-electron chi connectivity index (χ3n) is 2.61. The smallest absolute Gasteiger partial charge is 0.253 e. The molecule has 1 aromatic heterocycles. The molecule has 0 aliphatic rings. The van der Waals surface area contributed by atoms with Crippen LogP contribution >= 0.6 is 12.6 Å². The number of rotatable bonds is 7. The molecule has 19 heavy (non-hydrogen) atoms. The zero-order valence-corrected chi connectivity index (χ0v) is 11.9. The van der Waals surface area contributed by atoms with Crippen LogP contribution in [0.5, 0.6) is 0 Å². The number of nitrogens with one attached hydrogen (secondary N) is 1. The number of hydrogen-bond donors (Lipinski definition) is 2. The van der Waals surface area contributed by atoms with Crippen molar-refractivity contribution in [1.82, 2.24) is 15.2 Å². The molecule has 0 fully saturated rings. The molecule has 0 bridgehead atoms. The summed E-state index contributed by atoms with van der Waals surface area (Å²) in [4.78, 5) is 28.8. The van der Waals surface area contributed by atoms with Crippen LogP contribution in [-0.2, 0) is 4.79 Å². The van der Waals surface area contributed by atoms with Gasteiger partial charge in [0.1, 0.15) is 0 Å². The number of nitrogens with zero attached hydrogens (tertiary/aromatic N) is 2. The summed E-state index contributed by atoms with van der Waals surface area (Å²) in [5, 5.41) is 2.74. The first-order chi connectivity index (χ1) is 9.15. The largest absolute Gasteiger partial charge is 0.355 e. The molecule has 6 heteroatoms. The van der Waals surface area contributed by atoms with Crippen LogP contribution in [0.3, 0.4) is 0 Å². The van der Waals surface area contributed by atoms with Crippen LogP contribution in [0.1, 0.15) is 23.2 Å². The van der Waals surface area contributed by atoms with Crippen molar-refractivity contribution in [2.24, 2.45) is 0 Å². The highest BCUT2D eigenvalue weighted by molar-refractivity contribution is 7.80. The van der Waals surface area contributed by atoms with Crippen molar-refractivity contribution in [3.8, 4) is 0 Å². The van der Waals surface area contributed by atoms with E-state index in [4.69, 9.17) is 0 Å². The first-order valence-corrected chi connectivity index (χ1v) is 6.81. The molecule has 0 atom stereocenters. The summed E-state index contributed by atoms with van der Waals surface area (Å²) >= 11 is 4.01. The normalized spacial score (nSPS) is 10.0. The molecule has 0 aliphatic heterocycles. The van der Waals surface area contributed by atoms with Gasteiger partial charge in [0, 0.05) is 50.3 Å². The van der Waals surface area contributed by atoms with Crippen molar-refractivity contribution in [2.45, 2.75) is 12.8 Å². The van der Waals surface area contributed by atoms with E-state index in [9.17, 15) is 9.59 Å². The lowest BCUT2D eigenvalue weighted by molar-refractivity contribution is -0.121. The summed E-state index contributed by atoms with van der Waals surface area (Å²) in [7, 11) is 1.73. The van der Waals surface area contributed by atoms with Gasteiger partial charge in [0.25, 0.3) is 5.91 Å². The maximum Gasteiger partial charge on any atom is 0.253 e. The van der Waals surface area contributed by atoms with E-state index in [1.807, 2.05) is 0 Å². The molecule has 5 nitrogen and oxygen atoms in total. The van der Waals surface area contributed by atoms with E-state index in [0.29, 0.717) is 37.2 Å². The fourth-order valence-electron chi connectivity index (χ4n) is 1.58. The van der Waals surface area contributed by atoms with Gasteiger partial charge in [-0.3, -0.25) is 14.6 Å². The molecule has 0 unspecified atom stereocenters. The molecule has 0 spiro atoms. The van der Waals surface area contributed by atoms with Crippen molar-refractivity contribution in [3.05, 3.63) is 30.1 Å². The van der Waals surface area contributed by atoms with Gasteiger partial charge in [-0.15, -0.1) is 0 Å². The van der Waals surface area contributed by atoms with Gasteiger partial charge in [-0.25, -0.2) is 0 Å². The standard InChI is InChI=1S/C13H19N3O2S/c1-16(9-2-3-12(17)15-8-10-19)13(18)11-4-6-14-7-5-11/h4-7,19H,2-3,8-10H2,1H3,(H,15,17). The molecule has 1 rings (SSSR count). The first kappa shape index (κ1) is 15.5. The summed E-state index contributed by atoms with van der Waals surface area (Å²) in [6.07, 6.45) is 4.24. The van der Waals surface area contributed by atoms with Crippen molar-refractivity contribution < 1.29 is 9.59 Å². The second-order valence-electron chi connectivity index (χ2n) is 4.14. The van der Waals surface area contributed by atoms with Gasteiger partial charge in [-0.2, -0.15) is 12.6 Å². The number of carbonyl (C=O) groups excluding carboxylic acids is 2. The van der Waals surface area contributed by atoms with Crippen molar-refractivity contribution in [2.75, 3.05) is 25.9 Å². The monoisotopic (exact) mass is 281 g/mol. The summed E-state index contributed by atoms with van der Waals surface area (Å²) in [5.41, 5.74) is 0.608. The van der Waals surface area contributed by atoms with Crippen LogP contribution in [0.4, 0.5) is 0 Å². The molecule has 1 N–H and O–H groups in total. The van der Waals surface area contributed by atoms with E-state index in [0.717, 1.165) is 0 Å². The summed E-state index contributed by atoms with van der Waals surface area (Å²) < 4.78 is 0. The topological polar surface area (TPSA) is 62.3 Å². The van der Waals surface area contributed by atoms with Gasteiger partial charge in [-0.1, -0.05) is 0 Å². The fourth-order valence-corrected chi connectivity index (χ4v) is 1.69. The van der Waals surface area contributed by atoms with Crippen LogP contribution in [0.2, 0.25) is 0 Å². The summed E-state index contributed by atoms with van der Waals surface area (Å²) in [6.45, 7) is 1.13. The van der Waals surface area contributed by atoms with E-state index in [2.05, 4.69) is 22.9 Å². The highest BCUT2D eigenvalue weighted by atomic mass is 32.1. The maximum absolute atomic E-state index is 12.0. The van der Waals surface area contributed by atoms with E-state index < -0.39 is 0 Å². The number of pyridine rings is 1. The van der Waals surface area contributed by atoms with Crippen LogP contribution in [0, 0.1) is 0 Å². The second-order valence-corrected chi connectivity index (χ2v) is 4.59. The molecular formula is C13H19N3O2S. The molecule has 1 heterocycles. The van der Waals surface area contributed by atoms with Crippen molar-refractivity contribution >= 4 is 24.4 Å². The Balaban J connectivity index is 2.30. The first-order valence-electron chi connectivity index (χ1n) is 6.18. The Morgan fingerprint density at radius 2 is 2.05 bits per heavy atom. The molecule has 0 aromatic carbocycles. The second kappa shape index (κ2) is 8.53. The maximum atomic E-state index is 12.0. The number of hydrogen-bond acceptors (Lipinski definition) is 4. The third kappa shape index (κ3) is 5.74. The SMILES string of the molecule is CN(CCCC(=O)NCCS)C(=O)c1ccncc1. The minimum absolute atomic E-state index is 0.00110. The molecule has 0 saturated carbocycles. The summed E-state index contributed by atoms with van der Waals surface area (Å²) in [5.74, 6) is 0.573. The molecule has 0 saturated heterocycles. The fraction of sp³-hybridized carbons (Fsp3) is 0.462. The van der Waals surface area contributed by atoms with E-state index in [-0.39, 0.29) is 11.8 Å². The Bertz CT molecular complexity index is 412. The number of amides is 2. The van der Waals surface area contributed by atoms with Crippen LogP contribution in [0.25, 0.3) is 0 Å². The Morgan fingerprint density at radius 3 is 2.68 bits per heavy atom. The van der Waals surface area contributed by atoms with Gasteiger partial charge < -0.3 is 10.2 Å². The van der Waals surface area contributed by atoms with Gasteiger partial charge >= 0.3 is 0 Å². The van der Waals surface area contributed by atoms with Crippen LogP contribution in [0.15, 0.2) is 24.5 Å².